The molecule has 2 aliphatic heterocycles. The van der Waals surface area contributed by atoms with Gasteiger partial charge in [-0.25, -0.2) is 9.34 Å². The van der Waals surface area contributed by atoms with Crippen LogP contribution in [0.15, 0.2) is 60.7 Å². The highest BCUT2D eigenvalue weighted by atomic mass is 31.2. The molecule has 2 N–H and O–H groups in total. The molecule has 5 rings (SSSR count). The summed E-state index contributed by atoms with van der Waals surface area (Å²) < 4.78 is 19.7. The van der Waals surface area contributed by atoms with Crippen molar-refractivity contribution in [3.63, 3.8) is 0 Å². The van der Waals surface area contributed by atoms with Crippen molar-refractivity contribution in [3.05, 3.63) is 71.8 Å². The number of fused-ring (bicyclic) bond motifs is 1. The maximum Gasteiger partial charge on any atom is 0.312 e. The maximum atomic E-state index is 15.3. The van der Waals surface area contributed by atoms with E-state index in [1.807, 2.05) is 36.4 Å². The fourth-order valence-corrected chi connectivity index (χ4v) is 9.75. The highest BCUT2D eigenvalue weighted by Crippen LogP contribution is 2.66. The number of amides is 1. The molecule has 1 aliphatic carbocycles. The minimum atomic E-state index is -3.42. The quantitative estimate of drug-likeness (QED) is 0.541. The fraction of sp³-hybridized carbons (Fsp3) is 0.519. The molecular weight excluding hydrogens is 443 g/mol. The highest BCUT2D eigenvalue weighted by molar-refractivity contribution is 7.58. The summed E-state index contributed by atoms with van der Waals surface area (Å²) in [5.74, 6) is -0.130. The van der Waals surface area contributed by atoms with Crippen LogP contribution in [0.3, 0.4) is 0 Å². The van der Waals surface area contributed by atoms with E-state index in [-0.39, 0.29) is 36.1 Å². The number of nitrogens with zero attached hydrogens (tertiary/aromatic N) is 2. The Morgan fingerprint density at radius 1 is 0.853 bits per heavy atom. The van der Waals surface area contributed by atoms with Gasteiger partial charge in [0.25, 0.3) is 0 Å². The number of benzene rings is 2. The molecule has 1 saturated carbocycles. The van der Waals surface area contributed by atoms with Gasteiger partial charge in [-0.05, 0) is 57.2 Å². The Labute approximate surface area is 203 Å². The Hall–Kier alpha value is -1.98. The van der Waals surface area contributed by atoms with Crippen LogP contribution in [0.2, 0.25) is 0 Å². The lowest BCUT2D eigenvalue weighted by atomic mass is 9.88. The van der Waals surface area contributed by atoms with E-state index in [1.165, 1.54) is 0 Å². The number of rotatable bonds is 6. The molecule has 2 saturated heterocycles. The number of nitrogens with one attached hydrogen (secondary N) is 2. The fourth-order valence-electron chi connectivity index (χ4n) is 6.29. The highest BCUT2D eigenvalue weighted by Gasteiger charge is 2.59. The predicted octanol–water partition coefficient (Wildman–Crippen LogP) is 5.41. The van der Waals surface area contributed by atoms with E-state index in [0.29, 0.717) is 0 Å². The third-order valence-corrected chi connectivity index (χ3v) is 11.0. The second-order valence-corrected chi connectivity index (χ2v) is 12.3. The van der Waals surface area contributed by atoms with Gasteiger partial charge >= 0.3 is 7.59 Å². The molecule has 6 nitrogen and oxygen atoms in total. The van der Waals surface area contributed by atoms with Gasteiger partial charge in [-0.15, -0.1) is 0 Å². The summed E-state index contributed by atoms with van der Waals surface area (Å²) in [5.41, 5.74) is 2.27. The molecule has 0 bridgehead atoms. The monoisotopic (exact) mass is 480 g/mol. The van der Waals surface area contributed by atoms with Crippen molar-refractivity contribution in [1.82, 2.24) is 19.7 Å². The van der Waals surface area contributed by atoms with Gasteiger partial charge in [0.05, 0.1) is 6.04 Å². The molecular formula is C27H37N4O2P. The minimum Gasteiger partial charge on any atom is -0.306 e. The average molecular weight is 481 g/mol. The lowest BCUT2D eigenvalue weighted by molar-refractivity contribution is -0.121. The topological polar surface area (TPSA) is 64.7 Å². The smallest absolute Gasteiger partial charge is 0.306 e. The number of hydrogen-bond donors (Lipinski definition) is 2. The van der Waals surface area contributed by atoms with E-state index in [4.69, 9.17) is 0 Å². The summed E-state index contributed by atoms with van der Waals surface area (Å²) in [6, 6.07) is 20.5. The number of carbonyl (C=O) groups is 1. The molecule has 0 radical (unpaired) electrons. The van der Waals surface area contributed by atoms with E-state index in [2.05, 4.69) is 57.9 Å². The Morgan fingerprint density at radius 3 is 1.79 bits per heavy atom. The number of carbonyl (C=O) groups excluding carboxylic acids is 1. The van der Waals surface area contributed by atoms with Crippen LogP contribution < -0.4 is 10.4 Å². The van der Waals surface area contributed by atoms with Crippen molar-refractivity contribution < 1.29 is 9.36 Å². The van der Waals surface area contributed by atoms with E-state index >= 15 is 4.57 Å². The number of hydrogen-bond acceptors (Lipinski definition) is 3. The molecule has 3 fully saturated rings. The molecule has 182 valence electrons. The first-order chi connectivity index (χ1) is 16.5. The molecule has 2 aromatic carbocycles. The first kappa shape index (κ1) is 23.7. The summed E-state index contributed by atoms with van der Waals surface area (Å²) in [6.45, 7) is 5.12. The Kier molecular flexibility index (Phi) is 6.95. The van der Waals surface area contributed by atoms with Gasteiger partial charge in [0.2, 0.25) is 5.91 Å². The minimum absolute atomic E-state index is 0.0672. The van der Waals surface area contributed by atoms with E-state index in [0.717, 1.165) is 56.2 Å². The molecule has 2 heterocycles. The van der Waals surface area contributed by atoms with Gasteiger partial charge in [-0.2, -0.15) is 0 Å². The summed E-state index contributed by atoms with van der Waals surface area (Å²) in [5, 5.41) is 6.45. The first-order valence-corrected chi connectivity index (χ1v) is 14.4. The second-order valence-electron chi connectivity index (χ2n) is 10.0. The standard InChI is InChI=1S/C27H37N4O2P/c1-20(22-12-5-3-6-13-22)30-25-17-9-10-18-26(25)31(21(2)23-14-7-4-8-15-23)34(30,33)29-27(32)24-16-11-19-28-24/h3-8,12-15,20-21,24-26,28H,9-11,16-19H2,1-2H3,(H,29,32,33)/t20-,21-,24+,25-,26-/m1/s1. The largest absolute Gasteiger partial charge is 0.312 e. The summed E-state index contributed by atoms with van der Waals surface area (Å²) in [7, 11) is -3.42. The van der Waals surface area contributed by atoms with Crippen LogP contribution in [0.1, 0.15) is 75.6 Å². The Balaban J connectivity index is 1.59. The molecule has 5 atom stereocenters. The first-order valence-electron chi connectivity index (χ1n) is 12.8. The second kappa shape index (κ2) is 9.94. The van der Waals surface area contributed by atoms with Crippen molar-refractivity contribution in [2.24, 2.45) is 0 Å². The molecule has 7 heteroatoms. The van der Waals surface area contributed by atoms with Crippen molar-refractivity contribution in [3.8, 4) is 0 Å². The average Bonchev–Trinajstić information content (AvgIpc) is 3.49. The zero-order valence-corrected chi connectivity index (χ0v) is 21.2. The normalized spacial score (nSPS) is 28.8. The molecule has 0 unspecified atom stereocenters. The van der Waals surface area contributed by atoms with Crippen molar-refractivity contribution in [2.75, 3.05) is 6.54 Å². The lowest BCUT2D eigenvalue weighted by Gasteiger charge is -2.38. The van der Waals surface area contributed by atoms with Gasteiger partial charge in [-0.1, -0.05) is 73.5 Å². The molecule has 34 heavy (non-hydrogen) atoms. The maximum absolute atomic E-state index is 15.3. The van der Waals surface area contributed by atoms with E-state index < -0.39 is 7.59 Å². The van der Waals surface area contributed by atoms with E-state index in [1.54, 1.807) is 0 Å². The van der Waals surface area contributed by atoms with Crippen LogP contribution >= 0.6 is 7.59 Å². The SMILES string of the molecule is C[C@H](c1ccccc1)N1[C@@H]2CCCC[C@H]2N([C@H](C)c2ccccc2)P1(=O)NC(=O)[C@@H]1CCCN1. The van der Waals surface area contributed by atoms with Gasteiger partial charge in [0, 0.05) is 24.2 Å². The van der Waals surface area contributed by atoms with Crippen LogP contribution in [0, 0.1) is 0 Å². The van der Waals surface area contributed by atoms with Crippen LogP contribution in [-0.2, 0) is 9.36 Å². The zero-order chi connectivity index (χ0) is 23.7. The molecule has 0 spiro atoms. The lowest BCUT2D eigenvalue weighted by Crippen LogP contribution is -2.44. The van der Waals surface area contributed by atoms with E-state index in [9.17, 15) is 4.79 Å². The van der Waals surface area contributed by atoms with Gasteiger partial charge in [0.15, 0.2) is 0 Å². The Morgan fingerprint density at radius 2 is 1.35 bits per heavy atom. The Bertz CT molecular complexity index is 962. The zero-order valence-electron chi connectivity index (χ0n) is 20.3. The van der Waals surface area contributed by atoms with Crippen LogP contribution in [0.5, 0.6) is 0 Å². The predicted molar refractivity (Wildman–Crippen MR) is 136 cm³/mol. The molecule has 0 aromatic heterocycles. The van der Waals surface area contributed by atoms with Gasteiger partial charge in [0.1, 0.15) is 0 Å². The van der Waals surface area contributed by atoms with Crippen LogP contribution in [-0.4, -0.2) is 39.9 Å². The van der Waals surface area contributed by atoms with Crippen molar-refractivity contribution >= 4 is 13.5 Å². The molecule has 3 aliphatic rings. The van der Waals surface area contributed by atoms with Crippen molar-refractivity contribution in [1.29, 1.82) is 0 Å². The van der Waals surface area contributed by atoms with Crippen molar-refractivity contribution in [2.45, 2.75) is 82.6 Å². The van der Waals surface area contributed by atoms with Gasteiger partial charge < -0.3 is 5.32 Å². The van der Waals surface area contributed by atoms with Crippen LogP contribution in [0.25, 0.3) is 0 Å². The third kappa shape index (κ3) is 4.26. The summed E-state index contributed by atoms with van der Waals surface area (Å²) in [6.07, 6.45) is 6.03. The third-order valence-electron chi connectivity index (χ3n) is 7.99. The van der Waals surface area contributed by atoms with Gasteiger partial charge in [-0.3, -0.25) is 14.4 Å². The molecule has 2 aromatic rings. The van der Waals surface area contributed by atoms with Crippen LogP contribution in [0.4, 0.5) is 0 Å². The molecule has 1 amide bonds. The summed E-state index contributed by atoms with van der Waals surface area (Å²) >= 11 is 0. The summed E-state index contributed by atoms with van der Waals surface area (Å²) in [4.78, 5) is 13.4.